The zero-order valence-electron chi connectivity index (χ0n) is 13.0. The van der Waals surface area contributed by atoms with E-state index in [-0.39, 0.29) is 18.6 Å². The zero-order valence-corrected chi connectivity index (χ0v) is 13.9. The second-order valence-electron chi connectivity index (χ2n) is 4.91. The van der Waals surface area contributed by atoms with Crippen molar-refractivity contribution >= 4 is 22.4 Å². The van der Waals surface area contributed by atoms with Crippen molar-refractivity contribution < 1.29 is 14.3 Å². The molecule has 1 heterocycles. The summed E-state index contributed by atoms with van der Waals surface area (Å²) in [4.78, 5) is 11.9. The highest BCUT2D eigenvalue weighted by molar-refractivity contribution is 7.15. The first-order valence-corrected chi connectivity index (χ1v) is 7.67. The van der Waals surface area contributed by atoms with Gasteiger partial charge in [0.15, 0.2) is 6.61 Å². The van der Waals surface area contributed by atoms with Crippen LogP contribution < -0.4 is 10.1 Å². The highest BCUT2D eigenvalue weighted by Crippen LogP contribution is 2.23. The van der Waals surface area contributed by atoms with E-state index in [2.05, 4.69) is 15.5 Å². The van der Waals surface area contributed by atoms with Gasteiger partial charge in [0, 0.05) is 7.11 Å². The minimum atomic E-state index is -0.272. The molecule has 22 heavy (non-hydrogen) atoms. The Morgan fingerprint density at radius 3 is 2.77 bits per heavy atom. The van der Waals surface area contributed by atoms with E-state index in [1.54, 1.807) is 7.11 Å². The summed E-state index contributed by atoms with van der Waals surface area (Å²) < 4.78 is 10.6. The minimum absolute atomic E-state index is 0.0722. The summed E-state index contributed by atoms with van der Waals surface area (Å²) >= 11 is 1.29. The largest absolute Gasteiger partial charge is 0.484 e. The molecule has 2 aromatic rings. The summed E-state index contributed by atoms with van der Waals surface area (Å²) in [5, 5.41) is 11.7. The highest BCUT2D eigenvalue weighted by atomic mass is 32.1. The Bertz CT molecular complexity index is 657. The Labute approximate surface area is 133 Å². The smallest absolute Gasteiger partial charge is 0.264 e. The second kappa shape index (κ2) is 7.33. The Kier molecular flexibility index (Phi) is 5.46. The number of methoxy groups -OCH3 is 1. The molecule has 0 radical (unpaired) electrons. The van der Waals surface area contributed by atoms with Gasteiger partial charge in [-0.1, -0.05) is 17.4 Å². The summed E-state index contributed by atoms with van der Waals surface area (Å²) in [6, 6.07) is 5.72. The lowest BCUT2D eigenvalue weighted by Gasteiger charge is -2.07. The second-order valence-corrected chi connectivity index (χ2v) is 5.92. The van der Waals surface area contributed by atoms with Crippen LogP contribution in [0.25, 0.3) is 0 Å². The average Bonchev–Trinajstić information content (AvgIpc) is 2.96. The first-order valence-electron chi connectivity index (χ1n) is 6.85. The Hall–Kier alpha value is -1.99. The van der Waals surface area contributed by atoms with E-state index in [4.69, 9.17) is 9.47 Å². The number of rotatable bonds is 6. The van der Waals surface area contributed by atoms with Gasteiger partial charge < -0.3 is 9.47 Å². The topological polar surface area (TPSA) is 73.3 Å². The van der Waals surface area contributed by atoms with Crippen molar-refractivity contribution in [1.82, 2.24) is 10.2 Å². The molecule has 0 spiro atoms. The quantitative estimate of drug-likeness (QED) is 0.885. The molecular weight excluding hydrogens is 302 g/mol. The molecule has 0 bridgehead atoms. The van der Waals surface area contributed by atoms with Crippen molar-refractivity contribution in [2.45, 2.75) is 26.9 Å². The van der Waals surface area contributed by atoms with Gasteiger partial charge in [-0.3, -0.25) is 10.1 Å². The molecular formula is C15H19N3O3S. The van der Waals surface area contributed by atoms with Crippen molar-refractivity contribution in [3.63, 3.8) is 0 Å². The van der Waals surface area contributed by atoms with Crippen LogP contribution in [0.15, 0.2) is 18.2 Å². The van der Waals surface area contributed by atoms with Crippen LogP contribution in [0.1, 0.15) is 29.2 Å². The van der Waals surface area contributed by atoms with Crippen molar-refractivity contribution in [2.24, 2.45) is 0 Å². The molecule has 0 aliphatic heterocycles. The number of ether oxygens (including phenoxy) is 2. The summed E-state index contributed by atoms with van der Waals surface area (Å²) in [7, 11) is 1.60. The zero-order chi connectivity index (χ0) is 16.1. The summed E-state index contributed by atoms with van der Waals surface area (Å²) in [5.74, 6) is 0.398. The van der Waals surface area contributed by atoms with Crippen LogP contribution in [0.3, 0.4) is 0 Å². The van der Waals surface area contributed by atoms with Crippen molar-refractivity contribution in [3.05, 3.63) is 34.3 Å². The van der Waals surface area contributed by atoms with E-state index in [0.29, 0.717) is 15.9 Å². The third-order valence-corrected chi connectivity index (χ3v) is 4.24. The van der Waals surface area contributed by atoms with Crippen LogP contribution in [0.4, 0.5) is 5.13 Å². The number of amides is 1. The predicted octanol–water partition coefficient (Wildman–Crippen LogP) is 2.88. The molecule has 1 aromatic heterocycles. The third-order valence-electron chi connectivity index (χ3n) is 3.24. The average molecular weight is 321 g/mol. The number of nitrogens with zero attached hydrogens (tertiary/aromatic N) is 2. The maximum atomic E-state index is 11.9. The van der Waals surface area contributed by atoms with Gasteiger partial charge in [0.2, 0.25) is 5.13 Å². The summed E-state index contributed by atoms with van der Waals surface area (Å²) in [6.45, 7) is 5.83. The predicted molar refractivity (Wildman–Crippen MR) is 85.4 cm³/mol. The lowest BCUT2D eigenvalue weighted by Crippen LogP contribution is -2.20. The molecule has 1 atom stereocenters. The molecule has 1 unspecified atom stereocenters. The first kappa shape index (κ1) is 16.4. The lowest BCUT2D eigenvalue weighted by atomic mass is 10.1. The van der Waals surface area contributed by atoms with Crippen LogP contribution in [0.2, 0.25) is 0 Å². The molecule has 0 saturated carbocycles. The van der Waals surface area contributed by atoms with E-state index in [0.717, 1.165) is 5.56 Å². The van der Waals surface area contributed by atoms with Crippen LogP contribution in [0, 0.1) is 13.8 Å². The van der Waals surface area contributed by atoms with Gasteiger partial charge in [-0.05, 0) is 44.0 Å². The Morgan fingerprint density at radius 1 is 1.32 bits per heavy atom. The van der Waals surface area contributed by atoms with Crippen molar-refractivity contribution in [3.8, 4) is 5.75 Å². The van der Waals surface area contributed by atoms with Crippen LogP contribution >= 0.6 is 11.3 Å². The van der Waals surface area contributed by atoms with Gasteiger partial charge >= 0.3 is 0 Å². The number of benzene rings is 1. The van der Waals surface area contributed by atoms with E-state index in [1.165, 1.54) is 16.9 Å². The molecule has 0 fully saturated rings. The fourth-order valence-electron chi connectivity index (χ4n) is 1.66. The van der Waals surface area contributed by atoms with Crippen LogP contribution in [-0.4, -0.2) is 29.8 Å². The van der Waals surface area contributed by atoms with Crippen molar-refractivity contribution in [2.75, 3.05) is 19.0 Å². The third kappa shape index (κ3) is 4.25. The molecule has 2 rings (SSSR count). The first-order chi connectivity index (χ1) is 10.5. The van der Waals surface area contributed by atoms with Gasteiger partial charge in [-0.15, -0.1) is 10.2 Å². The normalized spacial score (nSPS) is 12.0. The maximum Gasteiger partial charge on any atom is 0.264 e. The monoisotopic (exact) mass is 321 g/mol. The van der Waals surface area contributed by atoms with E-state index in [9.17, 15) is 4.79 Å². The fraction of sp³-hybridized carbons (Fsp3) is 0.400. The standard InChI is InChI=1S/C15H19N3O3S/c1-9-5-6-12(7-10(9)2)21-8-13(19)16-15-18-17-14(22-15)11(3)20-4/h5-7,11H,8H2,1-4H3,(H,16,18,19). The molecule has 1 N–H and O–H groups in total. The lowest BCUT2D eigenvalue weighted by molar-refractivity contribution is -0.118. The molecule has 1 amide bonds. The number of aryl methyl sites for hydroxylation is 2. The van der Waals surface area contributed by atoms with Crippen molar-refractivity contribution in [1.29, 1.82) is 0 Å². The Balaban J connectivity index is 1.87. The van der Waals surface area contributed by atoms with Gasteiger partial charge in [-0.25, -0.2) is 0 Å². The van der Waals surface area contributed by atoms with Gasteiger partial charge in [0.05, 0.1) is 0 Å². The number of carbonyl (C=O) groups excluding carboxylic acids is 1. The number of aromatic nitrogens is 2. The molecule has 7 heteroatoms. The van der Waals surface area contributed by atoms with E-state index >= 15 is 0 Å². The number of hydrogen-bond donors (Lipinski definition) is 1. The Morgan fingerprint density at radius 2 is 2.09 bits per heavy atom. The molecule has 0 aliphatic carbocycles. The minimum Gasteiger partial charge on any atom is -0.484 e. The van der Waals surface area contributed by atoms with E-state index in [1.807, 2.05) is 39.0 Å². The van der Waals surface area contributed by atoms with Gasteiger partial charge in [0.1, 0.15) is 16.9 Å². The van der Waals surface area contributed by atoms with Crippen LogP contribution in [0.5, 0.6) is 5.75 Å². The number of anilines is 1. The summed E-state index contributed by atoms with van der Waals surface area (Å²) in [5.41, 5.74) is 2.31. The molecule has 0 saturated heterocycles. The van der Waals surface area contributed by atoms with Gasteiger partial charge in [0.25, 0.3) is 5.91 Å². The fourth-order valence-corrected chi connectivity index (χ4v) is 2.45. The summed E-state index contributed by atoms with van der Waals surface area (Å²) in [6.07, 6.45) is -0.144. The molecule has 1 aromatic carbocycles. The molecule has 6 nitrogen and oxygen atoms in total. The van der Waals surface area contributed by atoms with Gasteiger partial charge in [-0.2, -0.15) is 0 Å². The maximum absolute atomic E-state index is 11.9. The number of carbonyl (C=O) groups is 1. The van der Waals surface area contributed by atoms with Crippen LogP contribution in [-0.2, 0) is 9.53 Å². The molecule has 0 aliphatic rings. The van der Waals surface area contributed by atoms with E-state index < -0.39 is 0 Å². The SMILES string of the molecule is COC(C)c1nnc(NC(=O)COc2ccc(C)c(C)c2)s1. The number of nitrogens with one attached hydrogen (secondary N) is 1. The molecule has 118 valence electrons. The number of hydrogen-bond acceptors (Lipinski definition) is 6. The highest BCUT2D eigenvalue weighted by Gasteiger charge is 2.13.